The number of hydrogen-bond donors (Lipinski definition) is 2. The molecule has 0 spiro atoms. The maximum Gasteiger partial charge on any atom is 0.453 e. The number of nitrogens with two attached hydrogens (primary N) is 1. The van der Waals surface area contributed by atoms with E-state index in [0.717, 1.165) is 0 Å². The van der Waals surface area contributed by atoms with E-state index < -0.39 is 12.0 Å². The van der Waals surface area contributed by atoms with Crippen LogP contribution in [-0.2, 0) is 12.7 Å². The van der Waals surface area contributed by atoms with Crippen molar-refractivity contribution in [3.63, 3.8) is 0 Å². The molecule has 1 heterocycles. The van der Waals surface area contributed by atoms with E-state index >= 15 is 0 Å². The summed E-state index contributed by atoms with van der Waals surface area (Å²) in [6, 6.07) is 0. The molecule has 0 bridgehead atoms. The van der Waals surface area contributed by atoms with Crippen molar-refractivity contribution in [1.82, 2.24) is 15.2 Å². The highest BCUT2D eigenvalue weighted by atomic mass is 19.4. The van der Waals surface area contributed by atoms with Gasteiger partial charge in [-0.15, -0.1) is 5.10 Å². The monoisotopic (exact) mass is 166 g/mol. The van der Waals surface area contributed by atoms with Crippen LogP contribution in [0, 0.1) is 0 Å². The third kappa shape index (κ3) is 1.67. The van der Waals surface area contributed by atoms with Gasteiger partial charge in [0.25, 0.3) is 5.82 Å². The van der Waals surface area contributed by atoms with E-state index in [9.17, 15) is 13.2 Å². The minimum atomic E-state index is -4.50. The Labute approximate surface area is 59.6 Å². The molecule has 1 aromatic rings. The molecule has 0 aromatic carbocycles. The van der Waals surface area contributed by atoms with E-state index in [-0.39, 0.29) is 12.4 Å². The van der Waals surface area contributed by atoms with Crippen molar-refractivity contribution >= 4 is 0 Å². The van der Waals surface area contributed by atoms with Gasteiger partial charge in [-0.2, -0.15) is 13.2 Å². The molecule has 0 aliphatic rings. The van der Waals surface area contributed by atoms with Crippen molar-refractivity contribution in [2.24, 2.45) is 5.73 Å². The van der Waals surface area contributed by atoms with Crippen LogP contribution in [0.1, 0.15) is 11.6 Å². The fourth-order valence-electron chi connectivity index (χ4n) is 0.513. The van der Waals surface area contributed by atoms with Crippen LogP contribution in [0.15, 0.2) is 0 Å². The van der Waals surface area contributed by atoms with Crippen LogP contribution in [0.4, 0.5) is 13.2 Å². The summed E-state index contributed by atoms with van der Waals surface area (Å²) in [6.07, 6.45) is -4.50. The Morgan fingerprint density at radius 1 is 1.45 bits per heavy atom. The van der Waals surface area contributed by atoms with Gasteiger partial charge in [0.2, 0.25) is 0 Å². The first-order chi connectivity index (χ1) is 5.04. The van der Waals surface area contributed by atoms with E-state index in [4.69, 9.17) is 5.73 Å². The molecule has 62 valence electrons. The van der Waals surface area contributed by atoms with Gasteiger partial charge in [0.1, 0.15) is 5.82 Å². The lowest BCUT2D eigenvalue weighted by atomic mass is 10.6. The lowest BCUT2D eigenvalue weighted by Crippen LogP contribution is -2.07. The van der Waals surface area contributed by atoms with E-state index in [1.165, 1.54) is 0 Å². The normalized spacial score (nSPS) is 12.0. The molecule has 0 fully saturated rings. The van der Waals surface area contributed by atoms with Crippen LogP contribution in [-0.4, -0.2) is 15.2 Å². The van der Waals surface area contributed by atoms with Gasteiger partial charge in [0, 0.05) is 0 Å². The second kappa shape index (κ2) is 2.50. The zero-order valence-corrected chi connectivity index (χ0v) is 5.31. The molecule has 0 radical (unpaired) electrons. The number of H-pyrrole nitrogens is 1. The van der Waals surface area contributed by atoms with Gasteiger partial charge in [0.05, 0.1) is 6.54 Å². The SMILES string of the molecule is NCc1nc(C(F)(F)F)n[nH]1. The fraction of sp³-hybridized carbons (Fsp3) is 0.500. The second-order valence-electron chi connectivity index (χ2n) is 1.81. The van der Waals surface area contributed by atoms with Crippen LogP contribution in [0.5, 0.6) is 0 Å². The van der Waals surface area contributed by atoms with E-state index in [1.807, 2.05) is 0 Å². The van der Waals surface area contributed by atoms with Gasteiger partial charge in [-0.3, -0.25) is 5.10 Å². The second-order valence-corrected chi connectivity index (χ2v) is 1.81. The maximum atomic E-state index is 11.8. The third-order valence-electron chi connectivity index (χ3n) is 0.979. The molecule has 0 saturated heterocycles. The largest absolute Gasteiger partial charge is 0.453 e. The van der Waals surface area contributed by atoms with Gasteiger partial charge >= 0.3 is 6.18 Å². The summed E-state index contributed by atoms with van der Waals surface area (Å²) in [4.78, 5) is 3.08. The lowest BCUT2D eigenvalue weighted by molar-refractivity contribution is -0.144. The quantitative estimate of drug-likeness (QED) is 0.629. The van der Waals surface area contributed by atoms with Crippen molar-refractivity contribution in [3.05, 3.63) is 11.6 Å². The van der Waals surface area contributed by atoms with E-state index in [0.29, 0.717) is 0 Å². The first-order valence-electron chi connectivity index (χ1n) is 2.72. The molecule has 0 aliphatic carbocycles. The molecule has 0 saturated carbocycles. The Balaban J connectivity index is 2.89. The highest BCUT2D eigenvalue weighted by Crippen LogP contribution is 2.25. The molecule has 7 heteroatoms. The van der Waals surface area contributed by atoms with Gasteiger partial charge in [-0.25, -0.2) is 4.98 Å². The Morgan fingerprint density at radius 2 is 2.09 bits per heavy atom. The number of nitrogens with one attached hydrogen (secondary N) is 1. The number of halogens is 3. The molecule has 4 nitrogen and oxygen atoms in total. The van der Waals surface area contributed by atoms with Crippen molar-refractivity contribution in [3.8, 4) is 0 Å². The van der Waals surface area contributed by atoms with E-state index in [1.54, 1.807) is 0 Å². The van der Waals surface area contributed by atoms with Gasteiger partial charge in [0.15, 0.2) is 0 Å². The zero-order valence-electron chi connectivity index (χ0n) is 5.31. The number of aromatic nitrogens is 3. The Morgan fingerprint density at radius 3 is 2.36 bits per heavy atom. The van der Waals surface area contributed by atoms with Crippen molar-refractivity contribution < 1.29 is 13.2 Å². The van der Waals surface area contributed by atoms with Gasteiger partial charge < -0.3 is 5.73 Å². The Kier molecular flexibility index (Phi) is 1.81. The molecule has 1 rings (SSSR count). The average Bonchev–Trinajstić information content (AvgIpc) is 2.32. The highest BCUT2D eigenvalue weighted by molar-refractivity contribution is 4.93. The van der Waals surface area contributed by atoms with Crippen molar-refractivity contribution in [2.45, 2.75) is 12.7 Å². The minimum Gasteiger partial charge on any atom is -0.324 e. The molecule has 0 aliphatic heterocycles. The smallest absolute Gasteiger partial charge is 0.324 e. The summed E-state index contributed by atoms with van der Waals surface area (Å²) in [5.74, 6) is -1.16. The molecule has 1 aromatic heterocycles. The molecule has 0 amide bonds. The van der Waals surface area contributed by atoms with Gasteiger partial charge in [-0.1, -0.05) is 0 Å². The predicted octanol–water partition coefficient (Wildman–Crippen LogP) is 0.282. The summed E-state index contributed by atoms with van der Waals surface area (Å²) in [6.45, 7) is -0.0803. The lowest BCUT2D eigenvalue weighted by Gasteiger charge is -1.96. The molecule has 11 heavy (non-hydrogen) atoms. The topological polar surface area (TPSA) is 67.6 Å². The minimum absolute atomic E-state index is 0.0253. The summed E-state index contributed by atoms with van der Waals surface area (Å²) >= 11 is 0. The van der Waals surface area contributed by atoms with Crippen LogP contribution in [0.25, 0.3) is 0 Å². The van der Waals surface area contributed by atoms with Crippen LogP contribution in [0.3, 0.4) is 0 Å². The zero-order chi connectivity index (χ0) is 8.48. The van der Waals surface area contributed by atoms with Crippen molar-refractivity contribution in [2.75, 3.05) is 0 Å². The van der Waals surface area contributed by atoms with Crippen LogP contribution >= 0.6 is 0 Å². The van der Waals surface area contributed by atoms with E-state index in [2.05, 4.69) is 15.2 Å². The number of alkyl halides is 3. The first-order valence-corrected chi connectivity index (χ1v) is 2.72. The van der Waals surface area contributed by atoms with Crippen LogP contribution < -0.4 is 5.73 Å². The third-order valence-corrected chi connectivity index (χ3v) is 0.979. The molecule has 0 atom stereocenters. The molecule has 3 N–H and O–H groups in total. The summed E-state index contributed by atoms with van der Waals surface area (Å²) in [5, 5.41) is 4.97. The summed E-state index contributed by atoms with van der Waals surface area (Å²) < 4.78 is 35.3. The number of hydrogen-bond acceptors (Lipinski definition) is 3. The predicted molar refractivity (Wildman–Crippen MR) is 29.3 cm³/mol. The van der Waals surface area contributed by atoms with Gasteiger partial charge in [-0.05, 0) is 0 Å². The Bertz CT molecular complexity index is 240. The molecular formula is C4H5F3N4. The van der Waals surface area contributed by atoms with Crippen LogP contribution in [0.2, 0.25) is 0 Å². The summed E-state index contributed by atoms with van der Waals surface area (Å²) in [5.41, 5.74) is 5.01. The number of aromatic amines is 1. The summed E-state index contributed by atoms with van der Waals surface area (Å²) in [7, 11) is 0. The average molecular weight is 166 g/mol. The fourth-order valence-corrected chi connectivity index (χ4v) is 0.513. The molecule has 0 unspecified atom stereocenters. The standard InChI is InChI=1S/C4H5F3N4/c5-4(6,7)3-9-2(1-8)10-11-3/h1,8H2,(H,9,10,11). The first kappa shape index (κ1) is 7.99. The highest BCUT2D eigenvalue weighted by Gasteiger charge is 2.35. The number of nitrogens with zero attached hydrogens (tertiary/aromatic N) is 2. The Hall–Kier alpha value is -1.11. The number of rotatable bonds is 1. The molecular weight excluding hydrogens is 161 g/mol. The maximum absolute atomic E-state index is 11.8. The van der Waals surface area contributed by atoms with Crippen molar-refractivity contribution in [1.29, 1.82) is 0 Å².